The van der Waals surface area contributed by atoms with Gasteiger partial charge in [0, 0.05) is 30.9 Å². The van der Waals surface area contributed by atoms with Crippen LogP contribution in [0.5, 0.6) is 0 Å². The van der Waals surface area contributed by atoms with Crippen molar-refractivity contribution in [2.75, 3.05) is 37.4 Å². The molecule has 10 nitrogen and oxygen atoms in total. The molecule has 0 bridgehead atoms. The van der Waals surface area contributed by atoms with Crippen LogP contribution >= 0.6 is 0 Å². The first-order chi connectivity index (χ1) is 18.2. The van der Waals surface area contributed by atoms with Crippen LogP contribution in [0.15, 0.2) is 24.4 Å². The van der Waals surface area contributed by atoms with Gasteiger partial charge in [0.2, 0.25) is 5.95 Å². The Bertz CT molecular complexity index is 1490. The van der Waals surface area contributed by atoms with Gasteiger partial charge in [-0.3, -0.25) is 4.90 Å². The molecular weight excluding hydrogens is 485 g/mol. The van der Waals surface area contributed by atoms with Gasteiger partial charge in [-0.2, -0.15) is 4.98 Å². The molecule has 3 N–H and O–H groups in total. The largest absolute Gasteiger partial charge is 0.382 e. The van der Waals surface area contributed by atoms with E-state index in [1.54, 1.807) is 4.52 Å². The molecule has 0 radical (unpaired) electrons. The number of anilines is 2. The molecule has 11 heteroatoms. The van der Waals surface area contributed by atoms with Crippen LogP contribution < -0.4 is 11.1 Å². The van der Waals surface area contributed by atoms with Crippen molar-refractivity contribution >= 4 is 28.4 Å². The Labute approximate surface area is 221 Å². The minimum Gasteiger partial charge on any atom is -0.382 e. The Kier molecular flexibility index (Phi) is 6.03. The van der Waals surface area contributed by atoms with Gasteiger partial charge in [-0.05, 0) is 51.3 Å². The van der Waals surface area contributed by atoms with Crippen molar-refractivity contribution in [3.05, 3.63) is 30.2 Å². The number of nitrogen functional groups attached to an aromatic ring is 1. The summed E-state index contributed by atoms with van der Waals surface area (Å²) in [5.74, 6) is 1.97. The SMILES string of the molecule is Cc1nc2ccc(-c3ccn4nc(N[C@H]5CCN(C6(C(C)C)COC6)C[C@H]5F)nc(N)c34)nc2n1C(C)C. The monoisotopic (exact) mass is 521 g/mol. The van der Waals surface area contributed by atoms with E-state index in [0.717, 1.165) is 34.8 Å². The van der Waals surface area contributed by atoms with Crippen molar-refractivity contribution in [2.24, 2.45) is 5.92 Å². The number of pyridine rings is 1. The highest BCUT2D eigenvalue weighted by Gasteiger charge is 2.49. The maximum Gasteiger partial charge on any atom is 0.243 e. The summed E-state index contributed by atoms with van der Waals surface area (Å²) in [6.07, 6.45) is 1.44. The maximum atomic E-state index is 15.3. The molecule has 202 valence electrons. The average molecular weight is 522 g/mol. The molecule has 0 aliphatic carbocycles. The third-order valence-corrected chi connectivity index (χ3v) is 8.31. The molecule has 0 saturated carbocycles. The van der Waals surface area contributed by atoms with Crippen molar-refractivity contribution in [1.82, 2.24) is 34.0 Å². The summed E-state index contributed by atoms with van der Waals surface area (Å²) >= 11 is 0. The fourth-order valence-electron chi connectivity index (χ4n) is 6.01. The van der Waals surface area contributed by atoms with Gasteiger partial charge in [-0.25, -0.2) is 18.9 Å². The Balaban J connectivity index is 1.25. The number of aromatic nitrogens is 6. The van der Waals surface area contributed by atoms with E-state index in [1.165, 1.54) is 0 Å². The van der Waals surface area contributed by atoms with Crippen LogP contribution in [-0.4, -0.2) is 78.1 Å². The summed E-state index contributed by atoms with van der Waals surface area (Å²) < 4.78 is 24.7. The quantitative estimate of drug-likeness (QED) is 0.394. The molecule has 6 heterocycles. The fraction of sp³-hybridized carbons (Fsp3) is 0.556. The van der Waals surface area contributed by atoms with Gasteiger partial charge in [0.05, 0.1) is 30.5 Å². The first-order valence-electron chi connectivity index (χ1n) is 13.4. The van der Waals surface area contributed by atoms with Gasteiger partial charge < -0.3 is 20.4 Å². The summed E-state index contributed by atoms with van der Waals surface area (Å²) in [7, 11) is 0. The third-order valence-electron chi connectivity index (χ3n) is 8.31. The summed E-state index contributed by atoms with van der Waals surface area (Å²) in [6.45, 7) is 13.1. The summed E-state index contributed by atoms with van der Waals surface area (Å²) in [4.78, 5) is 16.3. The van der Waals surface area contributed by atoms with E-state index in [0.29, 0.717) is 49.4 Å². The zero-order chi connectivity index (χ0) is 26.8. The lowest BCUT2D eigenvalue weighted by atomic mass is 9.81. The molecule has 4 aromatic rings. The van der Waals surface area contributed by atoms with Crippen molar-refractivity contribution in [3.8, 4) is 11.3 Å². The maximum absolute atomic E-state index is 15.3. The molecule has 2 aliphatic rings. The number of halogens is 1. The number of nitrogens with one attached hydrogen (secondary N) is 1. The number of fused-ring (bicyclic) bond motifs is 2. The lowest BCUT2D eigenvalue weighted by molar-refractivity contribution is -0.173. The van der Waals surface area contributed by atoms with E-state index in [4.69, 9.17) is 15.5 Å². The van der Waals surface area contributed by atoms with Gasteiger partial charge >= 0.3 is 0 Å². The van der Waals surface area contributed by atoms with Crippen LogP contribution in [0.4, 0.5) is 16.2 Å². The standard InChI is InChI=1S/C27H36FN9O/c1-15(2)27(13-38-14-27)35-10-9-21(19(28)12-35)32-26-33-24(29)23-18(8-11-36(23)34-26)20-6-7-22-25(31-20)37(16(3)4)17(5)30-22/h6-8,11,15-16,19,21H,9-10,12-14H2,1-5H3,(H3,29,32,33,34)/t19-,21+/m1/s1. The van der Waals surface area contributed by atoms with E-state index >= 15 is 4.39 Å². The van der Waals surface area contributed by atoms with E-state index < -0.39 is 6.17 Å². The first kappa shape index (κ1) is 25.0. The molecule has 2 aliphatic heterocycles. The molecule has 2 saturated heterocycles. The molecule has 6 rings (SSSR count). The summed E-state index contributed by atoms with van der Waals surface area (Å²) in [5.41, 5.74) is 10.4. The van der Waals surface area contributed by atoms with Crippen LogP contribution in [0.1, 0.15) is 46.0 Å². The van der Waals surface area contributed by atoms with Crippen molar-refractivity contribution in [2.45, 2.75) is 64.8 Å². The molecule has 0 spiro atoms. The van der Waals surface area contributed by atoms with Crippen LogP contribution in [0.3, 0.4) is 0 Å². The molecule has 0 aromatic carbocycles. The lowest BCUT2D eigenvalue weighted by Gasteiger charge is -2.55. The van der Waals surface area contributed by atoms with Gasteiger partial charge in [-0.1, -0.05) is 13.8 Å². The van der Waals surface area contributed by atoms with Gasteiger partial charge in [0.25, 0.3) is 0 Å². The topological polar surface area (TPSA) is 111 Å². The zero-order valence-electron chi connectivity index (χ0n) is 22.6. The second kappa shape index (κ2) is 9.16. The number of rotatable bonds is 6. The average Bonchev–Trinajstić information content (AvgIpc) is 3.39. The van der Waals surface area contributed by atoms with Crippen LogP contribution in [0.25, 0.3) is 27.9 Å². The van der Waals surface area contributed by atoms with Crippen molar-refractivity contribution in [1.29, 1.82) is 0 Å². The number of nitrogens with zero attached hydrogens (tertiary/aromatic N) is 7. The molecular formula is C27H36FN9O. The molecule has 2 fully saturated rings. The second-order valence-electron chi connectivity index (χ2n) is 11.3. The number of imidazole rings is 1. The first-order valence-corrected chi connectivity index (χ1v) is 13.4. The van der Waals surface area contributed by atoms with E-state index in [1.807, 2.05) is 31.3 Å². The normalized spacial score (nSPS) is 22.0. The number of nitrogens with two attached hydrogens (primary N) is 1. The third kappa shape index (κ3) is 3.90. The molecule has 2 atom stereocenters. The van der Waals surface area contributed by atoms with Crippen LogP contribution in [0, 0.1) is 12.8 Å². The van der Waals surface area contributed by atoms with E-state index in [2.05, 4.69) is 57.5 Å². The van der Waals surface area contributed by atoms with Gasteiger partial charge in [0.1, 0.15) is 23.0 Å². The number of ether oxygens (including phenoxy) is 1. The van der Waals surface area contributed by atoms with E-state index in [9.17, 15) is 0 Å². The number of aryl methyl sites for hydroxylation is 1. The van der Waals surface area contributed by atoms with Gasteiger partial charge in [-0.15, -0.1) is 5.10 Å². The van der Waals surface area contributed by atoms with Crippen LogP contribution in [0.2, 0.25) is 0 Å². The molecule has 4 aromatic heterocycles. The van der Waals surface area contributed by atoms with Crippen molar-refractivity contribution in [3.63, 3.8) is 0 Å². The van der Waals surface area contributed by atoms with Gasteiger partial charge in [0.15, 0.2) is 11.5 Å². The fourth-order valence-corrected chi connectivity index (χ4v) is 6.01. The Morgan fingerprint density at radius 2 is 1.92 bits per heavy atom. The highest BCUT2D eigenvalue weighted by atomic mass is 19.1. The predicted octanol–water partition coefficient (Wildman–Crippen LogP) is 3.86. The second-order valence-corrected chi connectivity index (χ2v) is 11.3. The number of piperidine rings is 1. The molecule has 0 unspecified atom stereocenters. The zero-order valence-corrected chi connectivity index (χ0v) is 22.6. The lowest BCUT2D eigenvalue weighted by Crippen LogP contribution is -2.68. The minimum atomic E-state index is -1.05. The Morgan fingerprint density at radius 1 is 1.13 bits per heavy atom. The number of alkyl halides is 1. The predicted molar refractivity (Wildman–Crippen MR) is 146 cm³/mol. The minimum absolute atomic E-state index is 0.0562. The number of hydrogen-bond acceptors (Lipinski definition) is 8. The summed E-state index contributed by atoms with van der Waals surface area (Å²) in [6, 6.07) is 5.71. The smallest absolute Gasteiger partial charge is 0.243 e. The number of hydrogen-bond donors (Lipinski definition) is 2. The Hall–Kier alpha value is -3.31. The highest BCUT2D eigenvalue weighted by Crippen LogP contribution is 2.36. The number of likely N-dealkylation sites (tertiary alicyclic amines) is 1. The molecule has 38 heavy (non-hydrogen) atoms. The van der Waals surface area contributed by atoms with Crippen LogP contribution in [-0.2, 0) is 4.74 Å². The Morgan fingerprint density at radius 3 is 2.58 bits per heavy atom. The van der Waals surface area contributed by atoms with E-state index in [-0.39, 0.29) is 17.6 Å². The molecule has 0 amide bonds. The summed E-state index contributed by atoms with van der Waals surface area (Å²) in [5, 5.41) is 7.83. The van der Waals surface area contributed by atoms with Crippen molar-refractivity contribution < 1.29 is 9.13 Å². The highest BCUT2D eigenvalue weighted by molar-refractivity contribution is 5.88.